The van der Waals surface area contributed by atoms with Crippen molar-refractivity contribution in [1.82, 2.24) is 9.97 Å². The van der Waals surface area contributed by atoms with Gasteiger partial charge in [0.15, 0.2) is 0 Å². The fourth-order valence-electron chi connectivity index (χ4n) is 2.53. The second-order valence-corrected chi connectivity index (χ2v) is 5.89. The van der Waals surface area contributed by atoms with E-state index in [1.165, 1.54) is 5.56 Å². The summed E-state index contributed by atoms with van der Waals surface area (Å²) in [5.41, 5.74) is 4.93. The summed E-state index contributed by atoms with van der Waals surface area (Å²) >= 11 is 5.90. The number of hydrogen-bond acceptors (Lipinski definition) is 2. The number of aromatic nitrogens is 2. The predicted octanol–water partition coefficient (Wildman–Crippen LogP) is 4.43. The van der Waals surface area contributed by atoms with Gasteiger partial charge in [-0.15, -0.1) is 0 Å². The van der Waals surface area contributed by atoms with Gasteiger partial charge in [0.2, 0.25) is 0 Å². The normalized spacial score (nSPS) is 12.4. The quantitative estimate of drug-likeness (QED) is 0.751. The fourth-order valence-corrected chi connectivity index (χ4v) is 2.66. The van der Waals surface area contributed by atoms with Crippen molar-refractivity contribution in [2.24, 2.45) is 0 Å². The SMILES string of the molecule is Cc1ccc(C(O)c2ncc(-c3ccc(Cl)cc3)[nH]2)c(C)c1. The maximum atomic E-state index is 10.6. The third-order valence-corrected chi connectivity index (χ3v) is 3.98. The summed E-state index contributed by atoms with van der Waals surface area (Å²) in [6.45, 7) is 4.03. The summed E-state index contributed by atoms with van der Waals surface area (Å²) in [5, 5.41) is 11.2. The first-order valence-corrected chi connectivity index (χ1v) is 7.48. The van der Waals surface area contributed by atoms with Crippen molar-refractivity contribution in [3.05, 3.63) is 76.2 Å². The van der Waals surface area contributed by atoms with E-state index in [-0.39, 0.29) is 0 Å². The first-order chi connectivity index (χ1) is 10.5. The monoisotopic (exact) mass is 312 g/mol. The number of aromatic amines is 1. The number of aryl methyl sites for hydroxylation is 2. The Balaban J connectivity index is 1.91. The van der Waals surface area contributed by atoms with Gasteiger partial charge in [0, 0.05) is 5.02 Å². The van der Waals surface area contributed by atoms with Crippen LogP contribution in [0.5, 0.6) is 0 Å². The van der Waals surface area contributed by atoms with E-state index in [1.54, 1.807) is 6.20 Å². The van der Waals surface area contributed by atoms with Crippen molar-refractivity contribution in [3.63, 3.8) is 0 Å². The van der Waals surface area contributed by atoms with Gasteiger partial charge in [-0.3, -0.25) is 0 Å². The standard InChI is InChI=1S/C18H17ClN2O/c1-11-3-8-15(12(2)9-11)17(22)18-20-10-16(21-18)13-4-6-14(19)7-5-13/h3-10,17,22H,1-2H3,(H,20,21). The van der Waals surface area contributed by atoms with Gasteiger partial charge in [0.25, 0.3) is 0 Å². The lowest BCUT2D eigenvalue weighted by Crippen LogP contribution is -2.04. The highest BCUT2D eigenvalue weighted by molar-refractivity contribution is 6.30. The lowest BCUT2D eigenvalue weighted by atomic mass is 10.0. The summed E-state index contributed by atoms with van der Waals surface area (Å²) in [5.74, 6) is 0.539. The Morgan fingerprint density at radius 2 is 1.82 bits per heavy atom. The summed E-state index contributed by atoms with van der Waals surface area (Å²) < 4.78 is 0. The zero-order chi connectivity index (χ0) is 15.7. The number of nitrogens with one attached hydrogen (secondary N) is 1. The van der Waals surface area contributed by atoms with Gasteiger partial charge in [-0.05, 0) is 42.7 Å². The minimum Gasteiger partial charge on any atom is -0.380 e. The van der Waals surface area contributed by atoms with Crippen LogP contribution in [0.15, 0.2) is 48.7 Å². The van der Waals surface area contributed by atoms with E-state index < -0.39 is 6.10 Å². The smallest absolute Gasteiger partial charge is 0.140 e. The first kappa shape index (κ1) is 14.8. The third kappa shape index (κ3) is 2.91. The Morgan fingerprint density at radius 3 is 2.50 bits per heavy atom. The lowest BCUT2D eigenvalue weighted by molar-refractivity contribution is 0.210. The van der Waals surface area contributed by atoms with Crippen molar-refractivity contribution in [1.29, 1.82) is 0 Å². The highest BCUT2D eigenvalue weighted by Gasteiger charge is 2.16. The molecule has 1 heterocycles. The molecule has 0 saturated carbocycles. The molecule has 1 atom stereocenters. The van der Waals surface area contributed by atoms with Crippen LogP contribution in [0.1, 0.15) is 28.6 Å². The molecule has 0 spiro atoms. The second kappa shape index (κ2) is 5.95. The van der Waals surface area contributed by atoms with E-state index in [0.29, 0.717) is 10.8 Å². The average Bonchev–Trinajstić information content (AvgIpc) is 2.97. The average molecular weight is 313 g/mol. The van der Waals surface area contributed by atoms with Gasteiger partial charge in [-0.2, -0.15) is 0 Å². The molecule has 3 nitrogen and oxygen atoms in total. The van der Waals surface area contributed by atoms with E-state index in [9.17, 15) is 5.11 Å². The molecule has 0 fully saturated rings. The minimum absolute atomic E-state index is 0.539. The van der Waals surface area contributed by atoms with Crippen LogP contribution in [0, 0.1) is 13.8 Å². The van der Waals surface area contributed by atoms with Crippen LogP contribution in [-0.4, -0.2) is 15.1 Å². The summed E-state index contributed by atoms with van der Waals surface area (Å²) in [6, 6.07) is 13.5. The number of aliphatic hydroxyl groups excluding tert-OH is 1. The van der Waals surface area contributed by atoms with Crippen LogP contribution in [0.3, 0.4) is 0 Å². The number of aliphatic hydroxyl groups is 1. The molecular weight excluding hydrogens is 296 g/mol. The van der Waals surface area contributed by atoms with Crippen molar-refractivity contribution in [3.8, 4) is 11.3 Å². The molecule has 2 aromatic carbocycles. The van der Waals surface area contributed by atoms with Crippen molar-refractivity contribution in [2.75, 3.05) is 0 Å². The molecule has 112 valence electrons. The molecule has 3 aromatic rings. The number of benzene rings is 2. The zero-order valence-electron chi connectivity index (χ0n) is 12.5. The summed E-state index contributed by atoms with van der Waals surface area (Å²) in [7, 11) is 0. The molecule has 0 saturated heterocycles. The van der Waals surface area contributed by atoms with E-state index >= 15 is 0 Å². The van der Waals surface area contributed by atoms with E-state index in [2.05, 4.69) is 16.0 Å². The molecule has 1 unspecified atom stereocenters. The number of H-pyrrole nitrogens is 1. The molecule has 3 rings (SSSR count). The van der Waals surface area contributed by atoms with E-state index in [1.807, 2.05) is 50.2 Å². The van der Waals surface area contributed by atoms with Crippen LogP contribution >= 0.6 is 11.6 Å². The van der Waals surface area contributed by atoms with Gasteiger partial charge in [-0.25, -0.2) is 4.98 Å². The number of imidazole rings is 1. The lowest BCUT2D eigenvalue weighted by Gasteiger charge is -2.12. The second-order valence-electron chi connectivity index (χ2n) is 5.45. The molecule has 1 aromatic heterocycles. The fraction of sp³-hybridized carbons (Fsp3) is 0.167. The molecule has 22 heavy (non-hydrogen) atoms. The number of rotatable bonds is 3. The van der Waals surface area contributed by atoms with Crippen molar-refractivity contribution >= 4 is 11.6 Å². The highest BCUT2D eigenvalue weighted by atomic mass is 35.5. The summed E-state index contributed by atoms with van der Waals surface area (Å²) in [6.07, 6.45) is 0.965. The Morgan fingerprint density at radius 1 is 1.09 bits per heavy atom. The predicted molar refractivity (Wildman–Crippen MR) is 89.0 cm³/mol. The molecular formula is C18H17ClN2O. The first-order valence-electron chi connectivity index (χ1n) is 7.10. The molecule has 4 heteroatoms. The number of hydrogen-bond donors (Lipinski definition) is 2. The molecule has 0 bridgehead atoms. The minimum atomic E-state index is -0.762. The topological polar surface area (TPSA) is 48.9 Å². The van der Waals surface area contributed by atoms with Gasteiger partial charge >= 0.3 is 0 Å². The Labute approximate surface area is 134 Å². The van der Waals surface area contributed by atoms with Crippen LogP contribution in [0.25, 0.3) is 11.3 Å². The molecule has 0 aliphatic rings. The molecule has 0 radical (unpaired) electrons. The van der Waals surface area contributed by atoms with Gasteiger partial charge in [0.05, 0.1) is 11.9 Å². The largest absolute Gasteiger partial charge is 0.380 e. The van der Waals surface area contributed by atoms with Gasteiger partial charge in [-0.1, -0.05) is 47.5 Å². The molecule has 2 N–H and O–H groups in total. The van der Waals surface area contributed by atoms with Crippen molar-refractivity contribution < 1.29 is 5.11 Å². The molecule has 0 amide bonds. The van der Waals surface area contributed by atoms with Crippen LogP contribution in [0.2, 0.25) is 5.02 Å². The molecule has 0 aliphatic carbocycles. The molecule has 0 aliphatic heterocycles. The maximum absolute atomic E-state index is 10.6. The van der Waals surface area contributed by atoms with E-state index in [4.69, 9.17) is 11.6 Å². The van der Waals surface area contributed by atoms with Gasteiger partial charge < -0.3 is 10.1 Å². The Kier molecular flexibility index (Phi) is 4.01. The Hall–Kier alpha value is -2.10. The Bertz CT molecular complexity index is 793. The summed E-state index contributed by atoms with van der Waals surface area (Å²) in [4.78, 5) is 7.50. The maximum Gasteiger partial charge on any atom is 0.140 e. The van der Waals surface area contributed by atoms with E-state index in [0.717, 1.165) is 22.4 Å². The number of halogens is 1. The van der Waals surface area contributed by atoms with Crippen LogP contribution < -0.4 is 0 Å². The van der Waals surface area contributed by atoms with Crippen molar-refractivity contribution in [2.45, 2.75) is 20.0 Å². The zero-order valence-corrected chi connectivity index (χ0v) is 13.2. The van der Waals surface area contributed by atoms with Crippen LogP contribution in [-0.2, 0) is 0 Å². The van der Waals surface area contributed by atoms with Crippen LogP contribution in [0.4, 0.5) is 0 Å². The van der Waals surface area contributed by atoms with Gasteiger partial charge in [0.1, 0.15) is 11.9 Å². The number of nitrogens with zero attached hydrogens (tertiary/aromatic N) is 1. The highest BCUT2D eigenvalue weighted by Crippen LogP contribution is 2.26. The third-order valence-electron chi connectivity index (χ3n) is 3.73.